The number of amides is 1. The van der Waals surface area contributed by atoms with Crippen molar-refractivity contribution in [2.75, 3.05) is 22.8 Å². The van der Waals surface area contributed by atoms with Gasteiger partial charge in [-0.1, -0.05) is 29.8 Å². The van der Waals surface area contributed by atoms with E-state index in [-0.39, 0.29) is 11.5 Å². The Balaban J connectivity index is 1.66. The Labute approximate surface area is 213 Å². The predicted octanol–water partition coefficient (Wildman–Crippen LogP) is 5.29. The van der Waals surface area contributed by atoms with Crippen LogP contribution in [0.3, 0.4) is 0 Å². The topological polar surface area (TPSA) is 92.8 Å². The second kappa shape index (κ2) is 10.8. The number of thiophene rings is 1. The van der Waals surface area contributed by atoms with Crippen LogP contribution in [0, 0.1) is 0 Å². The number of anilines is 2. The molecular formula is C25H25ClN2O5S2. The van der Waals surface area contributed by atoms with Crippen molar-refractivity contribution >= 4 is 55.5 Å². The van der Waals surface area contributed by atoms with Gasteiger partial charge < -0.3 is 10.1 Å². The highest BCUT2D eigenvalue weighted by atomic mass is 35.5. The number of esters is 1. The van der Waals surface area contributed by atoms with Crippen molar-refractivity contribution < 1.29 is 22.7 Å². The zero-order chi connectivity index (χ0) is 25.0. The van der Waals surface area contributed by atoms with Gasteiger partial charge in [-0.2, -0.15) is 0 Å². The van der Waals surface area contributed by atoms with E-state index in [1.54, 1.807) is 49.4 Å². The molecule has 0 radical (unpaired) electrons. The average Bonchev–Trinajstić information content (AvgIpc) is 3.21. The molecule has 184 valence electrons. The zero-order valence-electron chi connectivity index (χ0n) is 19.1. The van der Waals surface area contributed by atoms with Crippen LogP contribution in [0.4, 0.5) is 10.7 Å². The van der Waals surface area contributed by atoms with Crippen LogP contribution < -0.4 is 9.62 Å². The van der Waals surface area contributed by atoms with E-state index in [0.717, 1.165) is 40.4 Å². The molecule has 0 spiro atoms. The minimum atomic E-state index is -4.05. The third-order valence-electron chi connectivity index (χ3n) is 5.64. The van der Waals surface area contributed by atoms with Gasteiger partial charge in [0, 0.05) is 9.90 Å². The van der Waals surface area contributed by atoms with E-state index in [4.69, 9.17) is 16.3 Å². The van der Waals surface area contributed by atoms with E-state index in [1.165, 1.54) is 23.5 Å². The van der Waals surface area contributed by atoms with Crippen molar-refractivity contribution in [1.29, 1.82) is 0 Å². The molecule has 1 aliphatic rings. The number of rotatable bonds is 8. The number of carbonyl (C=O) groups is 2. The summed E-state index contributed by atoms with van der Waals surface area (Å²) in [6, 6.07) is 14.1. The van der Waals surface area contributed by atoms with Gasteiger partial charge in [0.1, 0.15) is 11.5 Å². The van der Waals surface area contributed by atoms with Crippen molar-refractivity contribution in [2.24, 2.45) is 0 Å². The summed E-state index contributed by atoms with van der Waals surface area (Å²) in [7, 11) is -4.05. The maximum absolute atomic E-state index is 13.5. The molecule has 0 bridgehead atoms. The summed E-state index contributed by atoms with van der Waals surface area (Å²) in [5, 5.41) is 3.63. The summed E-state index contributed by atoms with van der Waals surface area (Å²) < 4.78 is 33.2. The number of fused-ring (bicyclic) bond motifs is 1. The number of nitrogens with one attached hydrogen (secondary N) is 1. The number of sulfonamides is 1. The van der Waals surface area contributed by atoms with Gasteiger partial charge in [0.05, 0.1) is 22.8 Å². The third kappa shape index (κ3) is 5.52. The smallest absolute Gasteiger partial charge is 0.341 e. The van der Waals surface area contributed by atoms with Crippen molar-refractivity contribution in [2.45, 2.75) is 37.5 Å². The fourth-order valence-corrected chi connectivity index (χ4v) is 6.87. The van der Waals surface area contributed by atoms with Crippen LogP contribution in [0.1, 0.15) is 40.6 Å². The van der Waals surface area contributed by atoms with Crippen LogP contribution in [0.5, 0.6) is 0 Å². The molecule has 10 heteroatoms. The molecule has 2 aromatic carbocycles. The van der Waals surface area contributed by atoms with E-state index < -0.39 is 28.4 Å². The number of halogens is 1. The standard InChI is InChI=1S/C25H25ClN2O5S2/c1-2-33-25(30)23-20-10-6-7-11-21(20)34-24(23)27-22(29)16-28(18-14-12-17(26)13-15-18)35(31,32)19-8-4-3-5-9-19/h3-5,8-9,12-15H,2,6-7,10-11,16H2,1H3,(H,27,29). The Bertz CT molecular complexity index is 1320. The SMILES string of the molecule is CCOC(=O)c1c(NC(=O)CN(c2ccc(Cl)cc2)S(=O)(=O)c2ccccc2)sc2c1CCCC2. The van der Waals surface area contributed by atoms with Crippen LogP contribution in [0.2, 0.25) is 5.02 Å². The van der Waals surface area contributed by atoms with E-state index >= 15 is 0 Å². The van der Waals surface area contributed by atoms with Crippen LogP contribution in [0.25, 0.3) is 0 Å². The Morgan fingerprint density at radius 3 is 2.43 bits per heavy atom. The monoisotopic (exact) mass is 532 g/mol. The fourth-order valence-electron chi connectivity index (χ4n) is 4.01. The molecule has 0 saturated heterocycles. The Kier molecular flexibility index (Phi) is 7.78. The summed E-state index contributed by atoms with van der Waals surface area (Å²) in [6.45, 7) is 1.47. The van der Waals surface area contributed by atoms with Gasteiger partial charge in [-0.15, -0.1) is 11.3 Å². The molecule has 0 saturated carbocycles. The number of ether oxygens (including phenoxy) is 1. The van der Waals surface area contributed by atoms with Gasteiger partial charge in [0.2, 0.25) is 5.91 Å². The van der Waals surface area contributed by atoms with Gasteiger partial charge in [0.15, 0.2) is 0 Å². The van der Waals surface area contributed by atoms with Crippen LogP contribution in [-0.4, -0.2) is 33.4 Å². The summed E-state index contributed by atoms with van der Waals surface area (Å²) in [4.78, 5) is 27.0. The molecule has 1 aliphatic carbocycles. The number of hydrogen-bond acceptors (Lipinski definition) is 6. The highest BCUT2D eigenvalue weighted by Gasteiger charge is 2.30. The third-order valence-corrected chi connectivity index (χ3v) is 8.88. The second-order valence-electron chi connectivity index (χ2n) is 7.98. The summed E-state index contributed by atoms with van der Waals surface area (Å²) in [6.07, 6.45) is 3.56. The van der Waals surface area contributed by atoms with Gasteiger partial charge in [-0.05, 0) is 74.6 Å². The number of hydrogen-bond donors (Lipinski definition) is 1. The lowest BCUT2D eigenvalue weighted by molar-refractivity contribution is -0.114. The van der Waals surface area contributed by atoms with Gasteiger partial charge in [0.25, 0.3) is 10.0 Å². The average molecular weight is 533 g/mol. The minimum Gasteiger partial charge on any atom is -0.462 e. The van der Waals surface area contributed by atoms with E-state index in [2.05, 4.69) is 5.32 Å². The molecule has 1 N–H and O–H groups in total. The molecule has 0 fully saturated rings. The van der Waals surface area contributed by atoms with Crippen LogP contribution in [-0.2, 0) is 32.4 Å². The van der Waals surface area contributed by atoms with E-state index in [9.17, 15) is 18.0 Å². The van der Waals surface area contributed by atoms with Crippen molar-refractivity contribution in [1.82, 2.24) is 0 Å². The maximum Gasteiger partial charge on any atom is 0.341 e. The molecule has 1 aromatic heterocycles. The first-order valence-corrected chi connectivity index (χ1v) is 13.9. The molecule has 1 heterocycles. The maximum atomic E-state index is 13.5. The lowest BCUT2D eigenvalue weighted by Gasteiger charge is -2.24. The summed E-state index contributed by atoms with van der Waals surface area (Å²) >= 11 is 7.35. The Hall–Kier alpha value is -2.88. The summed E-state index contributed by atoms with van der Waals surface area (Å²) in [5.74, 6) is -1.04. The zero-order valence-corrected chi connectivity index (χ0v) is 21.5. The largest absolute Gasteiger partial charge is 0.462 e. The normalized spacial score (nSPS) is 13.1. The van der Waals surface area contributed by atoms with E-state index in [1.807, 2.05) is 0 Å². The molecular weight excluding hydrogens is 508 g/mol. The first-order valence-electron chi connectivity index (χ1n) is 11.3. The van der Waals surface area contributed by atoms with Crippen LogP contribution in [0.15, 0.2) is 59.5 Å². The van der Waals surface area contributed by atoms with Crippen LogP contribution >= 0.6 is 22.9 Å². The fraction of sp³-hybridized carbons (Fsp3) is 0.280. The summed E-state index contributed by atoms with van der Waals surface area (Å²) in [5.41, 5.74) is 1.59. The van der Waals surface area contributed by atoms with Crippen molar-refractivity contribution in [3.8, 4) is 0 Å². The molecule has 0 aliphatic heterocycles. The first-order chi connectivity index (χ1) is 16.8. The Morgan fingerprint density at radius 1 is 1.06 bits per heavy atom. The van der Waals surface area contributed by atoms with Gasteiger partial charge in [-0.3, -0.25) is 9.10 Å². The predicted molar refractivity (Wildman–Crippen MR) is 138 cm³/mol. The van der Waals surface area contributed by atoms with Crippen molar-refractivity contribution in [3.05, 3.63) is 75.6 Å². The molecule has 35 heavy (non-hydrogen) atoms. The quantitative estimate of drug-likeness (QED) is 0.398. The molecule has 3 aromatic rings. The van der Waals surface area contributed by atoms with Crippen molar-refractivity contribution in [3.63, 3.8) is 0 Å². The first kappa shape index (κ1) is 25.2. The highest BCUT2D eigenvalue weighted by molar-refractivity contribution is 7.92. The number of carbonyl (C=O) groups excluding carboxylic acids is 2. The molecule has 0 atom stereocenters. The number of aryl methyl sites for hydroxylation is 1. The highest BCUT2D eigenvalue weighted by Crippen LogP contribution is 2.38. The minimum absolute atomic E-state index is 0.0570. The molecule has 7 nitrogen and oxygen atoms in total. The van der Waals surface area contributed by atoms with Gasteiger partial charge in [-0.25, -0.2) is 13.2 Å². The lowest BCUT2D eigenvalue weighted by atomic mass is 9.95. The molecule has 4 rings (SSSR count). The second-order valence-corrected chi connectivity index (χ2v) is 11.4. The number of nitrogens with zero attached hydrogens (tertiary/aromatic N) is 1. The van der Waals surface area contributed by atoms with Gasteiger partial charge >= 0.3 is 5.97 Å². The number of benzene rings is 2. The van der Waals surface area contributed by atoms with E-state index in [0.29, 0.717) is 21.3 Å². The molecule has 1 amide bonds. The molecule has 0 unspecified atom stereocenters. The Morgan fingerprint density at radius 2 is 1.74 bits per heavy atom. The lowest BCUT2D eigenvalue weighted by Crippen LogP contribution is -2.38.